The van der Waals surface area contributed by atoms with Crippen LogP contribution in [0.5, 0.6) is 5.75 Å². The molecule has 0 aliphatic rings. The Morgan fingerprint density at radius 1 is 0.857 bits per heavy atom. The van der Waals surface area contributed by atoms with E-state index >= 15 is 0 Å². The maximum atomic E-state index is 12.7. The molecule has 0 heterocycles. The zero-order valence-corrected chi connectivity index (χ0v) is 16.3. The van der Waals surface area contributed by atoms with E-state index in [4.69, 9.17) is 4.74 Å². The van der Waals surface area contributed by atoms with Crippen LogP contribution in [0.1, 0.15) is 29.7 Å². The van der Waals surface area contributed by atoms with Gasteiger partial charge in [0.15, 0.2) is 0 Å². The first kappa shape index (κ1) is 19.6. The molecule has 28 heavy (non-hydrogen) atoms. The fourth-order valence-electron chi connectivity index (χ4n) is 3.19. The number of benzene rings is 3. The van der Waals surface area contributed by atoms with Crippen LogP contribution in [0, 0.1) is 0 Å². The molecule has 3 aromatic carbocycles. The van der Waals surface area contributed by atoms with E-state index < -0.39 is 0 Å². The number of carbonyl (C=O) groups is 1. The zero-order chi connectivity index (χ0) is 19.8. The molecule has 0 aromatic heterocycles. The molecule has 0 radical (unpaired) electrons. The zero-order valence-electron chi connectivity index (χ0n) is 16.3. The molecular weight excluding hydrogens is 348 g/mol. The van der Waals surface area contributed by atoms with Crippen LogP contribution in [0.4, 0.5) is 0 Å². The Kier molecular flexibility index (Phi) is 6.82. The summed E-state index contributed by atoms with van der Waals surface area (Å²) in [7, 11) is 1.63. The molecule has 3 rings (SSSR count). The van der Waals surface area contributed by atoms with Crippen LogP contribution in [0.25, 0.3) is 0 Å². The average Bonchev–Trinajstić information content (AvgIpc) is 2.77. The fraction of sp³-hybridized carbons (Fsp3) is 0.208. The average molecular weight is 374 g/mol. The van der Waals surface area contributed by atoms with E-state index in [0.717, 1.165) is 22.4 Å². The molecule has 3 aromatic rings. The summed E-state index contributed by atoms with van der Waals surface area (Å²) in [5.74, 6) is 0.720. The van der Waals surface area contributed by atoms with Crippen molar-refractivity contribution in [2.45, 2.75) is 25.6 Å². The summed E-state index contributed by atoms with van der Waals surface area (Å²) in [5, 5.41) is 6.47. The van der Waals surface area contributed by atoms with E-state index in [9.17, 15) is 4.79 Å². The van der Waals surface area contributed by atoms with Gasteiger partial charge < -0.3 is 10.1 Å². The number of carbonyl (C=O) groups excluding carboxylic acids is 1. The van der Waals surface area contributed by atoms with Crippen LogP contribution in [-0.2, 0) is 11.3 Å². The monoisotopic (exact) mass is 374 g/mol. The van der Waals surface area contributed by atoms with Gasteiger partial charge in [-0.15, -0.1) is 0 Å². The van der Waals surface area contributed by atoms with Crippen LogP contribution in [0.3, 0.4) is 0 Å². The first-order valence-corrected chi connectivity index (χ1v) is 9.44. The molecule has 2 N–H and O–H groups in total. The molecule has 0 aliphatic carbocycles. The lowest BCUT2D eigenvalue weighted by Crippen LogP contribution is -2.43. The number of hydrogen-bond acceptors (Lipinski definition) is 3. The van der Waals surface area contributed by atoms with Gasteiger partial charge in [0.05, 0.1) is 19.2 Å². The predicted octanol–water partition coefficient (Wildman–Crippen LogP) is 4.08. The number of ether oxygens (including phenoxy) is 1. The lowest BCUT2D eigenvalue weighted by atomic mass is 9.98. The number of amides is 1. The van der Waals surface area contributed by atoms with E-state index in [0.29, 0.717) is 6.54 Å². The lowest BCUT2D eigenvalue weighted by molar-refractivity contribution is -0.123. The summed E-state index contributed by atoms with van der Waals surface area (Å²) >= 11 is 0. The third-order valence-electron chi connectivity index (χ3n) is 4.72. The molecule has 1 atom stereocenters. The fourth-order valence-corrected chi connectivity index (χ4v) is 3.19. The van der Waals surface area contributed by atoms with E-state index in [1.165, 1.54) is 0 Å². The normalized spacial score (nSPS) is 11.8. The largest absolute Gasteiger partial charge is 0.496 e. The van der Waals surface area contributed by atoms with Crippen molar-refractivity contribution in [3.8, 4) is 5.75 Å². The molecule has 0 fully saturated rings. The highest BCUT2D eigenvalue weighted by molar-refractivity contribution is 5.81. The molecule has 0 saturated carbocycles. The summed E-state index contributed by atoms with van der Waals surface area (Å²) in [6.45, 7) is 2.31. The van der Waals surface area contributed by atoms with Gasteiger partial charge >= 0.3 is 0 Å². The molecule has 1 amide bonds. The molecule has 4 heteroatoms. The van der Waals surface area contributed by atoms with Gasteiger partial charge in [0, 0.05) is 12.1 Å². The van der Waals surface area contributed by atoms with Crippen molar-refractivity contribution in [1.29, 1.82) is 0 Å². The van der Waals surface area contributed by atoms with Crippen molar-refractivity contribution < 1.29 is 9.53 Å². The van der Waals surface area contributed by atoms with Gasteiger partial charge in [0.2, 0.25) is 5.91 Å². The van der Waals surface area contributed by atoms with Crippen molar-refractivity contribution in [1.82, 2.24) is 10.6 Å². The van der Waals surface area contributed by atoms with Crippen LogP contribution >= 0.6 is 0 Å². The van der Waals surface area contributed by atoms with Crippen molar-refractivity contribution in [3.63, 3.8) is 0 Å². The molecular formula is C24H26N2O2. The Balaban J connectivity index is 1.69. The SMILES string of the molecule is COc1ccccc1CNC(=O)[C@@H](C)NC(c1ccccc1)c1ccccc1. The number of hydrogen-bond donors (Lipinski definition) is 2. The molecule has 0 aliphatic heterocycles. The maximum absolute atomic E-state index is 12.7. The van der Waals surface area contributed by atoms with Crippen molar-refractivity contribution >= 4 is 5.91 Å². The summed E-state index contributed by atoms with van der Waals surface area (Å²) in [6, 6.07) is 27.6. The first-order chi connectivity index (χ1) is 13.7. The third-order valence-corrected chi connectivity index (χ3v) is 4.72. The van der Waals surface area contributed by atoms with Gasteiger partial charge in [-0.1, -0.05) is 78.9 Å². The van der Waals surface area contributed by atoms with Gasteiger partial charge in [0.25, 0.3) is 0 Å². The van der Waals surface area contributed by atoms with Gasteiger partial charge in [0.1, 0.15) is 5.75 Å². The highest BCUT2D eigenvalue weighted by Crippen LogP contribution is 2.22. The lowest BCUT2D eigenvalue weighted by Gasteiger charge is -2.24. The standard InChI is InChI=1S/C24H26N2O2/c1-18(24(27)25-17-21-15-9-10-16-22(21)28-2)26-23(19-11-5-3-6-12-19)20-13-7-4-8-14-20/h3-16,18,23,26H,17H2,1-2H3,(H,25,27)/t18-/m1/s1. The van der Waals surface area contributed by atoms with Crippen LogP contribution in [0.15, 0.2) is 84.9 Å². The van der Waals surface area contributed by atoms with Crippen molar-refractivity contribution in [2.75, 3.05) is 7.11 Å². The van der Waals surface area contributed by atoms with Crippen molar-refractivity contribution in [2.24, 2.45) is 0 Å². The Bertz CT molecular complexity index is 842. The van der Waals surface area contributed by atoms with Crippen LogP contribution in [-0.4, -0.2) is 19.1 Å². The van der Waals surface area contributed by atoms with Gasteiger partial charge in [-0.05, 0) is 24.1 Å². The predicted molar refractivity (Wildman–Crippen MR) is 112 cm³/mol. The maximum Gasteiger partial charge on any atom is 0.237 e. The van der Waals surface area contributed by atoms with Gasteiger partial charge in [-0.2, -0.15) is 0 Å². The first-order valence-electron chi connectivity index (χ1n) is 9.44. The second kappa shape index (κ2) is 9.72. The highest BCUT2D eigenvalue weighted by atomic mass is 16.5. The molecule has 4 nitrogen and oxygen atoms in total. The Morgan fingerprint density at radius 2 is 1.39 bits per heavy atom. The number of rotatable bonds is 8. The highest BCUT2D eigenvalue weighted by Gasteiger charge is 2.20. The van der Waals surface area contributed by atoms with E-state index in [1.807, 2.05) is 67.6 Å². The van der Waals surface area contributed by atoms with Crippen molar-refractivity contribution in [3.05, 3.63) is 102 Å². The summed E-state index contributed by atoms with van der Waals surface area (Å²) < 4.78 is 5.35. The summed E-state index contributed by atoms with van der Waals surface area (Å²) in [4.78, 5) is 12.7. The minimum Gasteiger partial charge on any atom is -0.496 e. The van der Waals surface area contributed by atoms with Gasteiger partial charge in [-0.3, -0.25) is 10.1 Å². The van der Waals surface area contributed by atoms with E-state index in [2.05, 4.69) is 34.9 Å². The minimum absolute atomic E-state index is 0.0530. The van der Waals surface area contributed by atoms with E-state index in [1.54, 1.807) is 7.11 Å². The smallest absolute Gasteiger partial charge is 0.237 e. The minimum atomic E-state index is -0.361. The van der Waals surface area contributed by atoms with Crippen LogP contribution < -0.4 is 15.4 Å². The summed E-state index contributed by atoms with van der Waals surface area (Å²) in [6.07, 6.45) is 0. The summed E-state index contributed by atoms with van der Waals surface area (Å²) in [5.41, 5.74) is 3.20. The Morgan fingerprint density at radius 3 is 1.96 bits per heavy atom. The topological polar surface area (TPSA) is 50.4 Å². The molecule has 0 unspecified atom stereocenters. The molecule has 0 bridgehead atoms. The number of methoxy groups -OCH3 is 1. The Labute approximate surface area is 166 Å². The number of para-hydroxylation sites is 1. The molecule has 0 spiro atoms. The quantitative estimate of drug-likeness (QED) is 0.625. The Hall–Kier alpha value is -3.11. The van der Waals surface area contributed by atoms with Crippen LogP contribution in [0.2, 0.25) is 0 Å². The third kappa shape index (κ3) is 4.99. The second-order valence-electron chi connectivity index (χ2n) is 6.67. The van der Waals surface area contributed by atoms with Gasteiger partial charge in [-0.25, -0.2) is 0 Å². The number of nitrogens with one attached hydrogen (secondary N) is 2. The van der Waals surface area contributed by atoms with E-state index in [-0.39, 0.29) is 18.0 Å². The second-order valence-corrected chi connectivity index (χ2v) is 6.67. The molecule has 144 valence electrons. The molecule has 0 saturated heterocycles.